The molecular weight excluding hydrogens is 226 g/mol. The quantitative estimate of drug-likeness (QED) is 0.776. The Morgan fingerprint density at radius 1 is 1.62 bits per heavy atom. The Balaban J connectivity index is 2.07. The van der Waals surface area contributed by atoms with Gasteiger partial charge in [0.15, 0.2) is 0 Å². The molecule has 16 heavy (non-hydrogen) atoms. The van der Waals surface area contributed by atoms with Crippen LogP contribution in [0.15, 0.2) is 10.5 Å². The maximum atomic E-state index is 10.9. The summed E-state index contributed by atoms with van der Waals surface area (Å²) in [7, 11) is 0. The molecule has 2 aliphatic heterocycles. The Hall–Kier alpha value is -0.940. The van der Waals surface area contributed by atoms with Crippen molar-refractivity contribution < 1.29 is 14.3 Å². The molecule has 0 amide bonds. The Labute approximate surface area is 97.4 Å². The molecule has 3 heterocycles. The summed E-state index contributed by atoms with van der Waals surface area (Å²) < 4.78 is 5.55. The van der Waals surface area contributed by atoms with Crippen LogP contribution in [0.5, 0.6) is 0 Å². The fourth-order valence-electron chi connectivity index (χ4n) is 2.56. The van der Waals surface area contributed by atoms with Crippen molar-refractivity contribution in [2.45, 2.75) is 18.4 Å². The summed E-state index contributed by atoms with van der Waals surface area (Å²) in [4.78, 5) is 10.9. The minimum atomic E-state index is -0.977. The third-order valence-electron chi connectivity index (χ3n) is 3.38. The van der Waals surface area contributed by atoms with Gasteiger partial charge in [-0.3, -0.25) is 0 Å². The van der Waals surface area contributed by atoms with E-state index in [4.69, 9.17) is 9.52 Å². The zero-order valence-corrected chi connectivity index (χ0v) is 9.60. The second kappa shape index (κ2) is 3.53. The van der Waals surface area contributed by atoms with E-state index in [2.05, 4.69) is 5.32 Å². The highest BCUT2D eigenvalue weighted by Crippen LogP contribution is 2.43. The lowest BCUT2D eigenvalue weighted by atomic mass is 9.80. The zero-order valence-electron chi connectivity index (χ0n) is 8.78. The van der Waals surface area contributed by atoms with Gasteiger partial charge >= 0.3 is 5.97 Å². The molecule has 1 unspecified atom stereocenters. The molecule has 4 nitrogen and oxygen atoms in total. The van der Waals surface area contributed by atoms with Crippen LogP contribution in [0, 0.1) is 0 Å². The third kappa shape index (κ3) is 1.38. The minimum Gasteiger partial charge on any atom is -0.475 e. The van der Waals surface area contributed by atoms with Crippen LogP contribution >= 0.6 is 11.8 Å². The van der Waals surface area contributed by atoms with E-state index >= 15 is 0 Å². The third-order valence-corrected chi connectivity index (χ3v) is 4.63. The average Bonchev–Trinajstić information content (AvgIpc) is 2.85. The van der Waals surface area contributed by atoms with E-state index in [1.165, 1.54) is 0 Å². The first-order chi connectivity index (χ1) is 7.71. The molecule has 1 fully saturated rings. The summed E-state index contributed by atoms with van der Waals surface area (Å²) in [5, 5.41) is 12.3. The maximum Gasteiger partial charge on any atom is 0.371 e. The lowest BCUT2D eigenvalue weighted by Gasteiger charge is -2.31. The van der Waals surface area contributed by atoms with Gasteiger partial charge in [0.1, 0.15) is 5.76 Å². The van der Waals surface area contributed by atoms with Gasteiger partial charge in [0.05, 0.1) is 5.41 Å². The molecule has 0 aliphatic carbocycles. The van der Waals surface area contributed by atoms with Crippen molar-refractivity contribution in [1.82, 2.24) is 5.32 Å². The number of hydrogen-bond donors (Lipinski definition) is 2. The molecule has 0 radical (unpaired) electrons. The number of fused-ring (bicyclic) bond motifs is 2. The maximum absolute atomic E-state index is 10.9. The molecular formula is C11H13NO3S. The topological polar surface area (TPSA) is 62.5 Å². The standard InChI is InChI=1S/C11H13NO3S/c13-10(14)8-3-7-4-12-5-11(9(7)15-8)1-2-16-6-11/h3,12H,1-2,4-6H2,(H,13,14). The average molecular weight is 239 g/mol. The number of rotatable bonds is 1. The largest absolute Gasteiger partial charge is 0.475 e. The van der Waals surface area contributed by atoms with Crippen LogP contribution in [0.4, 0.5) is 0 Å². The lowest BCUT2D eigenvalue weighted by molar-refractivity contribution is 0.0657. The SMILES string of the molecule is O=C(O)c1cc2c(o1)C1(CCSC1)CNC2. The molecule has 2 aliphatic rings. The Bertz CT molecular complexity index is 434. The van der Waals surface area contributed by atoms with Crippen LogP contribution in [-0.2, 0) is 12.0 Å². The van der Waals surface area contributed by atoms with Gasteiger partial charge in [-0.15, -0.1) is 0 Å². The molecule has 0 bridgehead atoms. The van der Waals surface area contributed by atoms with Crippen molar-refractivity contribution in [3.05, 3.63) is 23.2 Å². The van der Waals surface area contributed by atoms with Crippen LogP contribution in [0.2, 0.25) is 0 Å². The fraction of sp³-hybridized carbons (Fsp3) is 0.545. The molecule has 1 aromatic heterocycles. The molecule has 1 saturated heterocycles. The van der Waals surface area contributed by atoms with Gasteiger partial charge in [-0.2, -0.15) is 11.8 Å². The molecule has 86 valence electrons. The van der Waals surface area contributed by atoms with E-state index in [1.807, 2.05) is 11.8 Å². The van der Waals surface area contributed by atoms with E-state index in [0.717, 1.165) is 42.3 Å². The Morgan fingerprint density at radius 3 is 3.19 bits per heavy atom. The van der Waals surface area contributed by atoms with Crippen molar-refractivity contribution in [2.24, 2.45) is 0 Å². The molecule has 5 heteroatoms. The number of carbonyl (C=O) groups is 1. The number of thioether (sulfide) groups is 1. The lowest BCUT2D eigenvalue weighted by Crippen LogP contribution is -2.42. The number of nitrogens with one attached hydrogen (secondary N) is 1. The van der Waals surface area contributed by atoms with Gasteiger partial charge in [0.25, 0.3) is 0 Å². The van der Waals surface area contributed by atoms with Gasteiger partial charge in [-0.05, 0) is 18.2 Å². The van der Waals surface area contributed by atoms with E-state index in [-0.39, 0.29) is 11.2 Å². The molecule has 1 aromatic rings. The molecule has 0 saturated carbocycles. The molecule has 3 rings (SSSR count). The molecule has 0 aromatic carbocycles. The van der Waals surface area contributed by atoms with Crippen molar-refractivity contribution in [1.29, 1.82) is 0 Å². The van der Waals surface area contributed by atoms with E-state index < -0.39 is 5.97 Å². The van der Waals surface area contributed by atoms with Crippen molar-refractivity contribution in [2.75, 3.05) is 18.1 Å². The highest BCUT2D eigenvalue weighted by atomic mass is 32.2. The van der Waals surface area contributed by atoms with E-state index in [9.17, 15) is 4.79 Å². The Morgan fingerprint density at radius 2 is 2.50 bits per heavy atom. The first kappa shape index (κ1) is 10.2. The highest BCUT2D eigenvalue weighted by molar-refractivity contribution is 7.99. The summed E-state index contributed by atoms with van der Waals surface area (Å²) in [5.41, 5.74) is 1.05. The van der Waals surface area contributed by atoms with Crippen molar-refractivity contribution in [3.8, 4) is 0 Å². The number of hydrogen-bond acceptors (Lipinski definition) is 4. The number of furan rings is 1. The zero-order chi connectivity index (χ0) is 11.2. The predicted molar refractivity (Wildman–Crippen MR) is 61.0 cm³/mol. The number of aromatic carboxylic acids is 1. The molecule has 2 N–H and O–H groups in total. The summed E-state index contributed by atoms with van der Waals surface area (Å²) in [6.07, 6.45) is 1.07. The first-order valence-electron chi connectivity index (χ1n) is 5.36. The monoisotopic (exact) mass is 239 g/mol. The summed E-state index contributed by atoms with van der Waals surface area (Å²) in [5.74, 6) is 2.16. The van der Waals surface area contributed by atoms with Gasteiger partial charge in [-0.25, -0.2) is 4.79 Å². The minimum absolute atomic E-state index is 0.0337. The number of carboxylic acid groups (broad SMARTS) is 1. The first-order valence-corrected chi connectivity index (χ1v) is 6.52. The summed E-state index contributed by atoms with van der Waals surface area (Å²) in [6, 6.07) is 1.66. The molecule has 1 atom stereocenters. The smallest absolute Gasteiger partial charge is 0.371 e. The van der Waals surface area contributed by atoms with Gasteiger partial charge < -0.3 is 14.8 Å². The van der Waals surface area contributed by atoms with Crippen LogP contribution < -0.4 is 5.32 Å². The fourth-order valence-corrected chi connectivity index (χ4v) is 4.00. The van der Waals surface area contributed by atoms with Gasteiger partial charge in [-0.1, -0.05) is 0 Å². The second-order valence-electron chi connectivity index (χ2n) is 4.46. The van der Waals surface area contributed by atoms with Crippen molar-refractivity contribution in [3.63, 3.8) is 0 Å². The number of carboxylic acids is 1. The Kier molecular flexibility index (Phi) is 2.26. The second-order valence-corrected chi connectivity index (χ2v) is 5.56. The van der Waals surface area contributed by atoms with Crippen molar-refractivity contribution >= 4 is 17.7 Å². The summed E-state index contributed by atoms with van der Waals surface area (Å²) in [6.45, 7) is 1.62. The van der Waals surface area contributed by atoms with Crippen LogP contribution in [-0.4, -0.2) is 29.1 Å². The van der Waals surface area contributed by atoms with Crippen LogP contribution in [0.3, 0.4) is 0 Å². The van der Waals surface area contributed by atoms with E-state index in [0.29, 0.717) is 0 Å². The predicted octanol–water partition coefficient (Wildman–Crippen LogP) is 1.46. The normalized spacial score (nSPS) is 28.2. The van der Waals surface area contributed by atoms with Gasteiger partial charge in [0, 0.05) is 24.4 Å². The van der Waals surface area contributed by atoms with Gasteiger partial charge in [0.2, 0.25) is 5.76 Å². The van der Waals surface area contributed by atoms with Crippen LogP contribution in [0.25, 0.3) is 0 Å². The molecule has 1 spiro atoms. The highest BCUT2D eigenvalue weighted by Gasteiger charge is 2.43. The summed E-state index contributed by atoms with van der Waals surface area (Å²) >= 11 is 1.91. The van der Waals surface area contributed by atoms with E-state index in [1.54, 1.807) is 6.07 Å². The van der Waals surface area contributed by atoms with Crippen LogP contribution in [0.1, 0.15) is 28.3 Å².